The molecule has 1 aliphatic heterocycles. The lowest BCUT2D eigenvalue weighted by atomic mass is 10.2. The smallest absolute Gasteiger partial charge is 0.127 e. The molecule has 1 fully saturated rings. The average molecular weight is 301 g/mol. The number of aliphatic hydroxyl groups is 1. The summed E-state index contributed by atoms with van der Waals surface area (Å²) in [7, 11) is 0. The fourth-order valence-corrected chi connectivity index (χ4v) is 2.78. The molecule has 0 radical (unpaired) electrons. The number of piperazine rings is 1. The maximum atomic E-state index is 8.65. The molecule has 1 saturated heterocycles. The van der Waals surface area contributed by atoms with Gasteiger partial charge in [0.15, 0.2) is 0 Å². The van der Waals surface area contributed by atoms with E-state index < -0.39 is 0 Å². The van der Waals surface area contributed by atoms with Crippen molar-refractivity contribution in [2.24, 2.45) is 0 Å². The van der Waals surface area contributed by atoms with E-state index in [1.165, 1.54) is 31.7 Å². The van der Waals surface area contributed by atoms with Gasteiger partial charge in [0.1, 0.15) is 39.3 Å². The summed E-state index contributed by atoms with van der Waals surface area (Å²) in [6.07, 6.45) is 0. The van der Waals surface area contributed by atoms with Crippen LogP contribution in [0.2, 0.25) is 5.02 Å². The van der Waals surface area contributed by atoms with E-state index in [2.05, 4.69) is 12.1 Å². The fraction of sp³-hybridized carbons (Fsp3) is 0.600. The van der Waals surface area contributed by atoms with Crippen molar-refractivity contribution in [1.29, 1.82) is 0 Å². The molecule has 0 bridgehead atoms. The SMILES string of the molecule is OCCOCC[NH+]1CC[NH+](Cc2ccc(Cl)cc2)CC1. The van der Waals surface area contributed by atoms with Crippen LogP contribution in [0, 0.1) is 0 Å². The third-order valence-corrected chi connectivity index (χ3v) is 4.12. The van der Waals surface area contributed by atoms with Crippen molar-refractivity contribution >= 4 is 11.6 Å². The summed E-state index contributed by atoms with van der Waals surface area (Å²) in [6, 6.07) is 8.18. The highest BCUT2D eigenvalue weighted by molar-refractivity contribution is 6.30. The van der Waals surface area contributed by atoms with Gasteiger partial charge in [-0.3, -0.25) is 0 Å². The second-order valence-electron chi connectivity index (χ2n) is 5.39. The summed E-state index contributed by atoms with van der Waals surface area (Å²) in [5.41, 5.74) is 1.36. The molecule has 0 aromatic heterocycles. The zero-order chi connectivity index (χ0) is 14.2. The number of nitrogens with one attached hydrogen (secondary N) is 2. The van der Waals surface area contributed by atoms with Crippen molar-refractivity contribution in [3.8, 4) is 0 Å². The van der Waals surface area contributed by atoms with Crippen molar-refractivity contribution < 1.29 is 19.6 Å². The molecular weight excluding hydrogens is 276 g/mol. The Bertz CT molecular complexity index is 378. The number of halogens is 1. The third-order valence-electron chi connectivity index (χ3n) is 3.87. The predicted molar refractivity (Wildman–Crippen MR) is 79.3 cm³/mol. The minimum absolute atomic E-state index is 0.119. The summed E-state index contributed by atoms with van der Waals surface area (Å²) in [4.78, 5) is 3.26. The second-order valence-corrected chi connectivity index (χ2v) is 5.83. The quantitative estimate of drug-likeness (QED) is 0.544. The number of hydrogen-bond donors (Lipinski definition) is 3. The Labute approximate surface area is 125 Å². The lowest BCUT2D eigenvalue weighted by Crippen LogP contribution is -3.27. The Morgan fingerprint density at radius 1 is 1.00 bits per heavy atom. The Balaban J connectivity index is 1.65. The van der Waals surface area contributed by atoms with Crippen LogP contribution < -0.4 is 9.80 Å². The molecule has 0 aliphatic carbocycles. The van der Waals surface area contributed by atoms with Gasteiger partial charge in [-0.15, -0.1) is 0 Å². The zero-order valence-electron chi connectivity index (χ0n) is 11.9. The van der Waals surface area contributed by atoms with Gasteiger partial charge >= 0.3 is 0 Å². The summed E-state index contributed by atoms with van der Waals surface area (Å²) in [6.45, 7) is 8.28. The summed E-state index contributed by atoms with van der Waals surface area (Å²) >= 11 is 5.91. The van der Waals surface area contributed by atoms with E-state index in [9.17, 15) is 0 Å². The molecule has 1 heterocycles. The van der Waals surface area contributed by atoms with E-state index in [0.29, 0.717) is 6.61 Å². The van der Waals surface area contributed by atoms with Crippen molar-refractivity contribution in [3.63, 3.8) is 0 Å². The van der Waals surface area contributed by atoms with Crippen LogP contribution in [-0.4, -0.2) is 57.7 Å². The van der Waals surface area contributed by atoms with E-state index in [4.69, 9.17) is 21.4 Å². The molecule has 0 saturated carbocycles. The van der Waals surface area contributed by atoms with Crippen molar-refractivity contribution in [3.05, 3.63) is 34.9 Å². The molecule has 0 amide bonds. The molecule has 3 N–H and O–H groups in total. The second kappa shape index (κ2) is 8.60. The molecule has 112 valence electrons. The number of benzene rings is 1. The van der Waals surface area contributed by atoms with Gasteiger partial charge in [-0.1, -0.05) is 23.7 Å². The summed E-state index contributed by atoms with van der Waals surface area (Å²) < 4.78 is 5.33. The van der Waals surface area contributed by atoms with E-state index >= 15 is 0 Å². The van der Waals surface area contributed by atoms with Gasteiger partial charge in [-0.2, -0.15) is 0 Å². The number of rotatable bonds is 7. The van der Waals surface area contributed by atoms with Crippen LogP contribution in [0.1, 0.15) is 5.56 Å². The zero-order valence-corrected chi connectivity index (χ0v) is 12.7. The summed E-state index contributed by atoms with van der Waals surface area (Å²) in [5.74, 6) is 0. The number of hydrogen-bond acceptors (Lipinski definition) is 2. The maximum absolute atomic E-state index is 8.65. The van der Waals surface area contributed by atoms with Crippen LogP contribution in [0.25, 0.3) is 0 Å². The molecule has 1 aromatic carbocycles. The van der Waals surface area contributed by atoms with Gasteiger partial charge in [0, 0.05) is 10.6 Å². The highest BCUT2D eigenvalue weighted by Crippen LogP contribution is 2.08. The van der Waals surface area contributed by atoms with Crippen LogP contribution in [0.15, 0.2) is 24.3 Å². The number of ether oxygens (including phenoxy) is 1. The first kappa shape index (κ1) is 15.7. The van der Waals surface area contributed by atoms with Gasteiger partial charge in [0.2, 0.25) is 0 Å². The third kappa shape index (κ3) is 5.38. The first-order chi connectivity index (χ1) is 9.78. The van der Waals surface area contributed by atoms with E-state index in [-0.39, 0.29) is 6.61 Å². The molecular formula is C15H25ClN2O2+2. The Morgan fingerprint density at radius 3 is 2.30 bits per heavy atom. The minimum Gasteiger partial charge on any atom is -0.394 e. The number of quaternary nitrogens is 2. The van der Waals surface area contributed by atoms with Crippen LogP contribution in [0.4, 0.5) is 0 Å². The standard InChI is InChI=1S/C15H23ClN2O2/c16-15-3-1-14(2-4-15)13-18-7-5-17(6-8-18)9-11-20-12-10-19/h1-4,19H,5-13H2/p+2. The largest absolute Gasteiger partial charge is 0.394 e. The molecule has 5 heteroatoms. The Morgan fingerprint density at radius 2 is 1.65 bits per heavy atom. The van der Waals surface area contributed by atoms with E-state index in [1.807, 2.05) is 12.1 Å². The predicted octanol–water partition coefficient (Wildman–Crippen LogP) is -1.37. The molecule has 0 unspecified atom stereocenters. The maximum Gasteiger partial charge on any atom is 0.127 e. The first-order valence-electron chi connectivity index (χ1n) is 7.38. The molecule has 0 atom stereocenters. The monoisotopic (exact) mass is 300 g/mol. The molecule has 1 aliphatic rings. The first-order valence-corrected chi connectivity index (χ1v) is 7.76. The normalized spacial score (nSPS) is 22.9. The molecule has 20 heavy (non-hydrogen) atoms. The highest BCUT2D eigenvalue weighted by atomic mass is 35.5. The fourth-order valence-electron chi connectivity index (χ4n) is 2.66. The van der Waals surface area contributed by atoms with Crippen LogP contribution in [0.5, 0.6) is 0 Å². The molecule has 2 rings (SSSR count). The van der Waals surface area contributed by atoms with Gasteiger partial charge in [0.05, 0.1) is 19.8 Å². The lowest BCUT2D eigenvalue weighted by Gasteiger charge is -2.29. The topological polar surface area (TPSA) is 38.3 Å². The average Bonchev–Trinajstić information content (AvgIpc) is 2.48. The van der Waals surface area contributed by atoms with Crippen molar-refractivity contribution in [1.82, 2.24) is 0 Å². The van der Waals surface area contributed by atoms with Crippen LogP contribution in [-0.2, 0) is 11.3 Å². The van der Waals surface area contributed by atoms with Gasteiger partial charge < -0.3 is 19.6 Å². The molecule has 4 nitrogen and oxygen atoms in total. The highest BCUT2D eigenvalue weighted by Gasteiger charge is 2.22. The lowest BCUT2D eigenvalue weighted by molar-refractivity contribution is -1.02. The minimum atomic E-state index is 0.119. The van der Waals surface area contributed by atoms with Gasteiger partial charge in [-0.25, -0.2) is 0 Å². The van der Waals surface area contributed by atoms with Crippen molar-refractivity contribution in [2.75, 3.05) is 52.5 Å². The Hall–Kier alpha value is -0.650. The van der Waals surface area contributed by atoms with Gasteiger partial charge in [0.25, 0.3) is 0 Å². The molecule has 1 aromatic rings. The summed E-state index contributed by atoms with van der Waals surface area (Å²) in [5, 5.41) is 9.46. The van der Waals surface area contributed by atoms with E-state index in [0.717, 1.165) is 24.7 Å². The van der Waals surface area contributed by atoms with E-state index in [1.54, 1.807) is 9.80 Å². The number of aliphatic hydroxyl groups excluding tert-OH is 1. The van der Waals surface area contributed by atoms with Crippen LogP contribution in [0.3, 0.4) is 0 Å². The van der Waals surface area contributed by atoms with Gasteiger partial charge in [-0.05, 0) is 12.1 Å². The van der Waals surface area contributed by atoms with Crippen LogP contribution >= 0.6 is 11.6 Å². The van der Waals surface area contributed by atoms with Crippen molar-refractivity contribution in [2.45, 2.75) is 6.54 Å². The molecule has 0 spiro atoms. The Kier molecular flexibility index (Phi) is 6.76.